The Morgan fingerprint density at radius 3 is 2.10 bits per heavy atom. The minimum atomic E-state index is -0.376. The Morgan fingerprint density at radius 2 is 1.44 bits per heavy atom. The van der Waals surface area contributed by atoms with Crippen LogP contribution < -0.4 is 9.47 Å². The van der Waals surface area contributed by atoms with Gasteiger partial charge in [0.2, 0.25) is 0 Å². The standard InChI is InChI=1S/C35H44O4/c1-4-6-7-9-12-28(3)38-33-24-20-32(21-25-33)35(36)39-34-22-18-31(19-23-34)30-16-14-29(15-17-30)13-10-8-11-27-37-26-5-2/h5,14-25,28H,2,4,6-13,26-27H2,1,3H3/t28-/m0/s1. The molecule has 208 valence electrons. The largest absolute Gasteiger partial charge is 0.491 e. The summed E-state index contributed by atoms with van der Waals surface area (Å²) in [5, 5.41) is 0. The summed E-state index contributed by atoms with van der Waals surface area (Å²) in [6.07, 6.45) is 12.4. The Bertz CT molecular complexity index is 1100. The molecule has 0 N–H and O–H groups in total. The van der Waals surface area contributed by atoms with E-state index < -0.39 is 0 Å². The van der Waals surface area contributed by atoms with Crippen LogP contribution in [0.25, 0.3) is 11.1 Å². The molecular weight excluding hydrogens is 484 g/mol. The highest BCUT2D eigenvalue weighted by atomic mass is 16.5. The first-order valence-corrected chi connectivity index (χ1v) is 14.5. The van der Waals surface area contributed by atoms with Gasteiger partial charge in [-0.15, -0.1) is 6.58 Å². The normalized spacial score (nSPS) is 11.6. The molecule has 39 heavy (non-hydrogen) atoms. The Labute approximate surface area is 235 Å². The molecule has 4 heteroatoms. The predicted molar refractivity (Wildman–Crippen MR) is 161 cm³/mol. The lowest BCUT2D eigenvalue weighted by Crippen LogP contribution is -2.12. The van der Waals surface area contributed by atoms with Gasteiger partial charge >= 0.3 is 5.97 Å². The second-order valence-corrected chi connectivity index (χ2v) is 10.1. The van der Waals surface area contributed by atoms with Crippen molar-refractivity contribution in [3.63, 3.8) is 0 Å². The van der Waals surface area contributed by atoms with Crippen molar-refractivity contribution in [1.82, 2.24) is 0 Å². The van der Waals surface area contributed by atoms with E-state index in [1.165, 1.54) is 31.2 Å². The third kappa shape index (κ3) is 11.1. The molecule has 0 fully saturated rings. The van der Waals surface area contributed by atoms with Crippen LogP contribution in [0, 0.1) is 0 Å². The van der Waals surface area contributed by atoms with E-state index >= 15 is 0 Å². The monoisotopic (exact) mass is 528 g/mol. The minimum absolute atomic E-state index is 0.160. The van der Waals surface area contributed by atoms with Gasteiger partial charge in [-0.3, -0.25) is 0 Å². The summed E-state index contributed by atoms with van der Waals surface area (Å²) >= 11 is 0. The van der Waals surface area contributed by atoms with Crippen LogP contribution in [-0.2, 0) is 11.2 Å². The summed E-state index contributed by atoms with van der Waals surface area (Å²) in [7, 11) is 0. The highest BCUT2D eigenvalue weighted by Gasteiger charge is 2.10. The predicted octanol–water partition coefficient (Wildman–Crippen LogP) is 9.23. The van der Waals surface area contributed by atoms with Crippen LogP contribution in [-0.4, -0.2) is 25.3 Å². The Morgan fingerprint density at radius 1 is 0.795 bits per heavy atom. The van der Waals surface area contributed by atoms with Crippen molar-refractivity contribution in [3.05, 3.63) is 96.6 Å². The molecule has 0 aliphatic rings. The number of hydrogen-bond donors (Lipinski definition) is 0. The fourth-order valence-corrected chi connectivity index (χ4v) is 4.44. The van der Waals surface area contributed by atoms with Gasteiger partial charge in [-0.1, -0.05) is 75.1 Å². The Balaban J connectivity index is 1.43. The summed E-state index contributed by atoms with van der Waals surface area (Å²) in [6, 6.07) is 23.5. The number of ether oxygens (including phenoxy) is 3. The van der Waals surface area contributed by atoms with Crippen LogP contribution in [0.3, 0.4) is 0 Å². The van der Waals surface area contributed by atoms with Crippen LogP contribution in [0.5, 0.6) is 11.5 Å². The van der Waals surface area contributed by atoms with Gasteiger partial charge in [-0.05, 0) is 92.1 Å². The topological polar surface area (TPSA) is 44.8 Å². The van der Waals surface area contributed by atoms with Gasteiger partial charge in [0, 0.05) is 6.61 Å². The molecule has 1 atom stereocenters. The highest BCUT2D eigenvalue weighted by Crippen LogP contribution is 2.24. The molecule has 0 saturated carbocycles. The van der Waals surface area contributed by atoms with Crippen LogP contribution >= 0.6 is 0 Å². The molecular formula is C35H44O4. The molecule has 4 nitrogen and oxygen atoms in total. The number of rotatable bonds is 18. The van der Waals surface area contributed by atoms with E-state index in [9.17, 15) is 4.79 Å². The van der Waals surface area contributed by atoms with Crippen LogP contribution in [0.2, 0.25) is 0 Å². The Kier molecular flexibility index (Phi) is 13.4. The average Bonchev–Trinajstić information content (AvgIpc) is 2.96. The zero-order valence-corrected chi connectivity index (χ0v) is 23.7. The summed E-state index contributed by atoms with van der Waals surface area (Å²) in [4.78, 5) is 12.6. The van der Waals surface area contributed by atoms with Crippen LogP contribution in [0.4, 0.5) is 0 Å². The molecule has 0 aliphatic carbocycles. The number of benzene rings is 3. The van der Waals surface area contributed by atoms with E-state index in [0.717, 1.165) is 55.6 Å². The van der Waals surface area contributed by atoms with E-state index in [2.05, 4.69) is 44.7 Å². The first-order chi connectivity index (χ1) is 19.1. The zero-order chi connectivity index (χ0) is 27.7. The smallest absolute Gasteiger partial charge is 0.343 e. The molecule has 0 aromatic heterocycles. The fraction of sp³-hybridized carbons (Fsp3) is 0.400. The second-order valence-electron chi connectivity index (χ2n) is 10.1. The number of carbonyl (C=O) groups is 1. The molecule has 3 aromatic rings. The molecule has 0 bridgehead atoms. The molecule has 3 rings (SSSR count). The summed E-state index contributed by atoms with van der Waals surface area (Å²) < 4.78 is 17.0. The molecule has 0 heterocycles. The lowest BCUT2D eigenvalue weighted by Gasteiger charge is -2.14. The quantitative estimate of drug-likeness (QED) is 0.0714. The molecule has 0 aliphatic heterocycles. The van der Waals surface area contributed by atoms with Gasteiger partial charge in [0.1, 0.15) is 11.5 Å². The SMILES string of the molecule is C=CCOCCCCCc1ccc(-c2ccc(OC(=O)c3ccc(O[C@@H](C)CCCCCC)cc3)cc2)cc1. The zero-order valence-electron chi connectivity index (χ0n) is 23.7. The third-order valence-electron chi connectivity index (χ3n) is 6.73. The lowest BCUT2D eigenvalue weighted by atomic mass is 10.0. The van der Waals surface area contributed by atoms with E-state index in [1.54, 1.807) is 18.2 Å². The number of aryl methyl sites for hydroxylation is 1. The average molecular weight is 529 g/mol. The summed E-state index contributed by atoms with van der Waals surface area (Å²) in [5.74, 6) is 0.927. The van der Waals surface area contributed by atoms with E-state index in [0.29, 0.717) is 17.9 Å². The van der Waals surface area contributed by atoms with Crippen LogP contribution in [0.1, 0.15) is 81.1 Å². The molecule has 0 saturated heterocycles. The molecule has 0 spiro atoms. The van der Waals surface area contributed by atoms with Crippen molar-refractivity contribution >= 4 is 5.97 Å². The van der Waals surface area contributed by atoms with Gasteiger partial charge < -0.3 is 14.2 Å². The first kappa shape index (κ1) is 30.2. The summed E-state index contributed by atoms with van der Waals surface area (Å²) in [5.41, 5.74) is 4.08. The maximum Gasteiger partial charge on any atom is 0.343 e. The van der Waals surface area contributed by atoms with Gasteiger partial charge in [0.15, 0.2) is 0 Å². The van der Waals surface area contributed by atoms with Crippen LogP contribution in [0.15, 0.2) is 85.5 Å². The minimum Gasteiger partial charge on any atom is -0.491 e. The van der Waals surface area contributed by atoms with E-state index in [1.807, 2.05) is 36.4 Å². The molecule has 3 aromatic carbocycles. The number of carbonyl (C=O) groups excluding carboxylic acids is 1. The second kappa shape index (κ2) is 17.3. The van der Waals surface area contributed by atoms with Gasteiger partial charge in [0.25, 0.3) is 0 Å². The molecule has 0 radical (unpaired) electrons. The number of hydrogen-bond acceptors (Lipinski definition) is 4. The third-order valence-corrected chi connectivity index (χ3v) is 6.73. The van der Waals surface area contributed by atoms with E-state index in [4.69, 9.17) is 14.2 Å². The summed E-state index contributed by atoms with van der Waals surface area (Å²) in [6.45, 7) is 9.41. The molecule has 0 amide bonds. The van der Waals surface area contributed by atoms with Gasteiger partial charge in [-0.2, -0.15) is 0 Å². The maximum absolute atomic E-state index is 12.6. The maximum atomic E-state index is 12.6. The first-order valence-electron chi connectivity index (χ1n) is 14.5. The van der Waals surface area contributed by atoms with Crippen molar-refractivity contribution in [3.8, 4) is 22.6 Å². The van der Waals surface area contributed by atoms with Gasteiger partial charge in [0.05, 0.1) is 18.3 Å². The van der Waals surface area contributed by atoms with Crippen molar-refractivity contribution in [2.24, 2.45) is 0 Å². The van der Waals surface area contributed by atoms with Gasteiger partial charge in [-0.25, -0.2) is 4.79 Å². The lowest BCUT2D eigenvalue weighted by molar-refractivity contribution is 0.0734. The molecule has 0 unspecified atom stereocenters. The number of esters is 1. The van der Waals surface area contributed by atoms with Crippen molar-refractivity contribution in [2.45, 2.75) is 77.7 Å². The van der Waals surface area contributed by atoms with Crippen molar-refractivity contribution in [2.75, 3.05) is 13.2 Å². The Hall–Kier alpha value is -3.37. The van der Waals surface area contributed by atoms with Crippen molar-refractivity contribution < 1.29 is 19.0 Å². The highest BCUT2D eigenvalue weighted by molar-refractivity contribution is 5.91. The van der Waals surface area contributed by atoms with E-state index in [-0.39, 0.29) is 12.1 Å². The fourth-order valence-electron chi connectivity index (χ4n) is 4.44. The van der Waals surface area contributed by atoms with Crippen molar-refractivity contribution in [1.29, 1.82) is 0 Å². The number of unbranched alkanes of at least 4 members (excludes halogenated alkanes) is 5.